The second-order valence-electron chi connectivity index (χ2n) is 12.7. The van der Waals surface area contributed by atoms with Crippen molar-refractivity contribution in [3.05, 3.63) is 153 Å². The van der Waals surface area contributed by atoms with Crippen molar-refractivity contribution in [2.24, 2.45) is 10.8 Å². The number of aliphatic hydroxyl groups is 2. The summed E-state index contributed by atoms with van der Waals surface area (Å²) in [7, 11) is 0. The molecule has 0 fully saturated rings. The Labute approximate surface area is 264 Å². The molecule has 0 heterocycles. The van der Waals surface area contributed by atoms with Crippen molar-refractivity contribution in [2.45, 2.75) is 69.2 Å². The summed E-state index contributed by atoms with van der Waals surface area (Å²) in [6.45, 7) is 19.6. The van der Waals surface area contributed by atoms with Gasteiger partial charge < -0.3 is 10.2 Å². The molecule has 232 valence electrons. The van der Waals surface area contributed by atoms with Gasteiger partial charge in [0.05, 0.1) is 0 Å². The lowest BCUT2D eigenvalue weighted by atomic mass is 9.76. The molecule has 2 aliphatic rings. The molecule has 0 atom stereocenters. The average molecular weight is 593 g/mol. The third-order valence-electron chi connectivity index (χ3n) is 7.63. The maximum atomic E-state index is 12.2. The quantitative estimate of drug-likeness (QED) is 0.248. The Balaban J connectivity index is 1.95. The van der Waals surface area contributed by atoms with Gasteiger partial charge in [-0.1, -0.05) is 135 Å². The number of allylic oxidation sites excluding steroid dienone is 24. The molecule has 0 aliphatic heterocycles. The number of carbonyl (C=O) groups excluding carboxylic acids is 2. The Morgan fingerprint density at radius 3 is 1.25 bits per heavy atom. The number of Topliss-reactive ketones (excluding diaryl/α,β-unsaturated/α-hetero) is 2. The topological polar surface area (TPSA) is 74.6 Å². The van der Waals surface area contributed by atoms with Gasteiger partial charge in [0.25, 0.3) is 0 Å². The molecular formula is C40H48O4. The predicted octanol–water partition coefficient (Wildman–Crippen LogP) is 10.3. The van der Waals surface area contributed by atoms with Crippen LogP contribution in [-0.2, 0) is 9.59 Å². The number of rotatable bonds is 10. The predicted molar refractivity (Wildman–Crippen MR) is 185 cm³/mol. The van der Waals surface area contributed by atoms with E-state index in [4.69, 9.17) is 0 Å². The SMILES string of the molecule is CC1=C(/C=C/C=C(C)/C=C/C=C(C)/C=C/C=C(C)/C=C/C=C(C)/C=C/C2=C(C)C(=O)C(O)=CC2(C)C)C(C)(C)C=C(O)C1=O. The Morgan fingerprint density at radius 2 is 0.864 bits per heavy atom. The highest BCUT2D eigenvalue weighted by Crippen LogP contribution is 2.38. The largest absolute Gasteiger partial charge is 0.504 e. The van der Waals surface area contributed by atoms with Crippen LogP contribution in [0.4, 0.5) is 0 Å². The Kier molecular flexibility index (Phi) is 12.5. The highest BCUT2D eigenvalue weighted by atomic mass is 16.3. The number of hydrogen-bond acceptors (Lipinski definition) is 4. The van der Waals surface area contributed by atoms with Crippen LogP contribution in [0.1, 0.15) is 69.2 Å². The van der Waals surface area contributed by atoms with Crippen molar-refractivity contribution < 1.29 is 19.8 Å². The molecule has 2 N–H and O–H groups in total. The zero-order valence-electron chi connectivity index (χ0n) is 27.9. The summed E-state index contributed by atoms with van der Waals surface area (Å²) in [4.78, 5) is 24.3. The molecular weight excluding hydrogens is 544 g/mol. The summed E-state index contributed by atoms with van der Waals surface area (Å²) >= 11 is 0. The lowest BCUT2D eigenvalue weighted by molar-refractivity contribution is -0.115. The summed E-state index contributed by atoms with van der Waals surface area (Å²) in [6.07, 6.45) is 31.4. The van der Waals surface area contributed by atoms with Gasteiger partial charge in [0.2, 0.25) is 11.6 Å². The van der Waals surface area contributed by atoms with E-state index in [2.05, 4.69) is 12.2 Å². The number of aliphatic hydroxyl groups excluding tert-OH is 2. The first-order chi connectivity index (χ1) is 20.5. The van der Waals surface area contributed by atoms with E-state index in [9.17, 15) is 19.8 Å². The van der Waals surface area contributed by atoms with Crippen molar-refractivity contribution >= 4 is 11.6 Å². The monoisotopic (exact) mass is 592 g/mol. The minimum Gasteiger partial charge on any atom is -0.504 e. The smallest absolute Gasteiger partial charge is 0.222 e. The summed E-state index contributed by atoms with van der Waals surface area (Å²) in [6, 6.07) is 0. The molecule has 0 aromatic carbocycles. The lowest BCUT2D eigenvalue weighted by Gasteiger charge is -2.28. The third kappa shape index (κ3) is 10.1. The van der Waals surface area contributed by atoms with E-state index in [0.717, 1.165) is 33.4 Å². The maximum Gasteiger partial charge on any atom is 0.222 e. The molecule has 2 rings (SSSR count). The van der Waals surface area contributed by atoms with E-state index in [1.54, 1.807) is 26.0 Å². The van der Waals surface area contributed by atoms with Crippen LogP contribution in [0.3, 0.4) is 0 Å². The Hall–Kier alpha value is -4.44. The normalized spacial score (nSPS) is 20.9. The molecule has 4 heteroatoms. The fourth-order valence-corrected chi connectivity index (χ4v) is 5.03. The minimum atomic E-state index is -0.409. The van der Waals surface area contributed by atoms with E-state index in [-0.39, 0.29) is 23.1 Å². The van der Waals surface area contributed by atoms with E-state index in [0.29, 0.717) is 11.1 Å². The molecule has 0 aromatic rings. The molecule has 0 spiro atoms. The first-order valence-corrected chi connectivity index (χ1v) is 14.9. The van der Waals surface area contributed by atoms with Crippen LogP contribution >= 0.6 is 0 Å². The molecule has 0 aromatic heterocycles. The van der Waals surface area contributed by atoms with Gasteiger partial charge in [-0.25, -0.2) is 0 Å². The van der Waals surface area contributed by atoms with Crippen LogP contribution < -0.4 is 0 Å². The maximum absolute atomic E-state index is 12.2. The minimum absolute atomic E-state index is 0.181. The molecule has 0 unspecified atom stereocenters. The molecule has 0 bridgehead atoms. The lowest BCUT2D eigenvalue weighted by Crippen LogP contribution is -2.23. The van der Waals surface area contributed by atoms with Crippen LogP contribution in [-0.4, -0.2) is 21.8 Å². The standard InChI is InChI=1S/C40H48O4/c1-27(17-12-18-29(3)21-14-22-33-31(5)37(43)35(41)25-39(33,7)8)15-11-16-28(2)19-13-20-30(4)23-24-34-32(6)38(44)36(42)26-40(34,9)10/h11-26,41-42H,1-10H3/b15-11+,18-12+,19-13+,22-14+,24-23+,27-17+,28-16+,29-21+,30-20+. The zero-order valence-corrected chi connectivity index (χ0v) is 27.9. The molecule has 0 saturated carbocycles. The van der Waals surface area contributed by atoms with Crippen molar-refractivity contribution in [2.75, 3.05) is 0 Å². The van der Waals surface area contributed by atoms with Gasteiger partial charge in [-0.15, -0.1) is 0 Å². The van der Waals surface area contributed by atoms with Gasteiger partial charge in [-0.3, -0.25) is 9.59 Å². The van der Waals surface area contributed by atoms with E-state index >= 15 is 0 Å². The van der Waals surface area contributed by atoms with Gasteiger partial charge in [-0.2, -0.15) is 0 Å². The van der Waals surface area contributed by atoms with Crippen LogP contribution in [0.15, 0.2) is 153 Å². The third-order valence-corrected chi connectivity index (χ3v) is 7.63. The number of carbonyl (C=O) groups is 2. The molecule has 44 heavy (non-hydrogen) atoms. The van der Waals surface area contributed by atoms with Gasteiger partial charge in [-0.05, 0) is 64.8 Å². The molecule has 4 nitrogen and oxygen atoms in total. The first kappa shape index (κ1) is 35.8. The summed E-state index contributed by atoms with van der Waals surface area (Å²) < 4.78 is 0. The van der Waals surface area contributed by atoms with Crippen LogP contribution in [0.5, 0.6) is 0 Å². The summed E-state index contributed by atoms with van der Waals surface area (Å²) in [5, 5.41) is 19.8. The van der Waals surface area contributed by atoms with Gasteiger partial charge in [0.15, 0.2) is 11.5 Å². The van der Waals surface area contributed by atoms with Crippen LogP contribution in [0.2, 0.25) is 0 Å². The molecule has 0 saturated heterocycles. The van der Waals surface area contributed by atoms with E-state index < -0.39 is 10.8 Å². The molecule has 0 amide bonds. The Bertz CT molecular complexity index is 1570. The van der Waals surface area contributed by atoms with Crippen molar-refractivity contribution in [3.8, 4) is 0 Å². The average Bonchev–Trinajstić information content (AvgIpc) is 2.91. The molecule has 0 radical (unpaired) electrons. The summed E-state index contributed by atoms with van der Waals surface area (Å²) in [5.74, 6) is -0.993. The van der Waals surface area contributed by atoms with Gasteiger partial charge in [0, 0.05) is 22.0 Å². The van der Waals surface area contributed by atoms with Crippen molar-refractivity contribution in [3.63, 3.8) is 0 Å². The fourth-order valence-electron chi connectivity index (χ4n) is 5.03. The van der Waals surface area contributed by atoms with E-state index in [1.165, 1.54) is 0 Å². The van der Waals surface area contributed by atoms with Crippen molar-refractivity contribution in [1.29, 1.82) is 0 Å². The summed E-state index contributed by atoms with van der Waals surface area (Å²) in [5.41, 5.74) is 6.50. The second kappa shape index (κ2) is 15.3. The molecule has 2 aliphatic carbocycles. The van der Waals surface area contributed by atoms with Crippen LogP contribution in [0.25, 0.3) is 0 Å². The number of ketones is 2. The highest BCUT2D eigenvalue weighted by Gasteiger charge is 2.32. The van der Waals surface area contributed by atoms with Gasteiger partial charge >= 0.3 is 0 Å². The Morgan fingerprint density at radius 1 is 0.545 bits per heavy atom. The zero-order chi connectivity index (χ0) is 33.2. The first-order valence-electron chi connectivity index (χ1n) is 14.9. The van der Waals surface area contributed by atoms with Crippen LogP contribution in [0, 0.1) is 10.8 Å². The fraction of sp³-hybridized carbons (Fsp3) is 0.300. The second-order valence-corrected chi connectivity index (χ2v) is 12.7. The van der Waals surface area contributed by atoms with Crippen molar-refractivity contribution in [1.82, 2.24) is 0 Å². The van der Waals surface area contributed by atoms with E-state index in [1.807, 2.05) is 128 Å². The van der Waals surface area contributed by atoms with Gasteiger partial charge in [0.1, 0.15) is 0 Å². The number of hydrogen-bond donors (Lipinski definition) is 2. The highest BCUT2D eigenvalue weighted by molar-refractivity contribution is 6.09.